The first kappa shape index (κ1) is 19.7. The van der Waals surface area contributed by atoms with Crippen LogP contribution in [-0.4, -0.2) is 28.2 Å². The number of nitrogens with zero attached hydrogens (tertiary/aromatic N) is 2. The normalized spacial score (nSPS) is 11.5. The summed E-state index contributed by atoms with van der Waals surface area (Å²) in [6.45, 7) is 7.19. The van der Waals surface area contributed by atoms with E-state index < -0.39 is 17.4 Å². The number of carbonyl (C=O) groups is 1. The molecule has 3 rings (SSSR count). The molecule has 1 N–H and O–H groups in total. The number of hydrogen-bond donors (Lipinski definition) is 1. The van der Waals surface area contributed by atoms with Gasteiger partial charge < -0.3 is 19.4 Å². The van der Waals surface area contributed by atoms with Crippen molar-refractivity contribution in [2.45, 2.75) is 33.3 Å². The second-order valence-electron chi connectivity index (χ2n) is 7.64. The number of pyridine rings is 1. The minimum atomic E-state index is -0.683. The number of halogens is 1. The molecule has 2 heterocycles. The van der Waals surface area contributed by atoms with Crippen molar-refractivity contribution in [3.8, 4) is 5.75 Å². The van der Waals surface area contributed by atoms with Gasteiger partial charge in [-0.25, -0.2) is 14.2 Å². The zero-order valence-corrected chi connectivity index (χ0v) is 16.9. The topological polar surface area (TPSA) is 65.4 Å². The van der Waals surface area contributed by atoms with Gasteiger partial charge in [0.15, 0.2) is 0 Å². The van der Waals surface area contributed by atoms with Crippen molar-refractivity contribution in [3.63, 3.8) is 0 Å². The van der Waals surface area contributed by atoms with Crippen LogP contribution in [0.15, 0.2) is 30.5 Å². The van der Waals surface area contributed by atoms with Crippen LogP contribution < -0.4 is 10.1 Å². The molecule has 0 saturated carbocycles. The highest BCUT2D eigenvalue weighted by molar-refractivity contribution is 6.09. The maximum absolute atomic E-state index is 14.4. The Balaban J connectivity index is 2.20. The molecule has 0 saturated heterocycles. The zero-order valence-electron chi connectivity index (χ0n) is 16.9. The summed E-state index contributed by atoms with van der Waals surface area (Å²) in [6.07, 6.45) is 1.57. The smallest absolute Gasteiger partial charge is 0.343 e. The Kier molecular flexibility index (Phi) is 5.02. The van der Waals surface area contributed by atoms with Crippen LogP contribution in [0.25, 0.3) is 11.0 Å². The van der Waals surface area contributed by atoms with E-state index in [1.54, 1.807) is 56.8 Å². The van der Waals surface area contributed by atoms with Gasteiger partial charge in [0.05, 0.1) is 19.0 Å². The van der Waals surface area contributed by atoms with Crippen LogP contribution >= 0.6 is 0 Å². The number of esters is 1. The van der Waals surface area contributed by atoms with E-state index >= 15 is 0 Å². The monoisotopic (exact) mass is 385 g/mol. The Morgan fingerprint density at radius 2 is 1.96 bits per heavy atom. The van der Waals surface area contributed by atoms with Crippen molar-refractivity contribution >= 4 is 28.5 Å². The number of nitrogens with one attached hydrogen (secondary N) is 1. The van der Waals surface area contributed by atoms with Crippen molar-refractivity contribution in [1.29, 1.82) is 0 Å². The Hall–Kier alpha value is -3.09. The van der Waals surface area contributed by atoms with E-state index in [9.17, 15) is 9.18 Å². The summed E-state index contributed by atoms with van der Waals surface area (Å²) in [5, 5.41) is 3.60. The van der Waals surface area contributed by atoms with Gasteiger partial charge in [0, 0.05) is 12.4 Å². The first-order valence-corrected chi connectivity index (χ1v) is 8.89. The Morgan fingerprint density at radius 1 is 1.25 bits per heavy atom. The fraction of sp³-hybridized carbons (Fsp3) is 0.333. The number of aromatic nitrogens is 2. The van der Waals surface area contributed by atoms with Gasteiger partial charge >= 0.3 is 5.97 Å². The van der Waals surface area contributed by atoms with Gasteiger partial charge in [-0.3, -0.25) is 0 Å². The SMILES string of the molecule is COc1cnc2c(c1)c(C(=O)OC(C)(C)C)c(Nc1ccc(C)cc1F)n2C. The highest BCUT2D eigenvalue weighted by atomic mass is 19.1. The quantitative estimate of drug-likeness (QED) is 0.658. The molecule has 0 atom stereocenters. The van der Waals surface area contributed by atoms with Crippen LogP contribution in [0.1, 0.15) is 36.7 Å². The molecule has 0 amide bonds. The lowest BCUT2D eigenvalue weighted by Gasteiger charge is -2.20. The van der Waals surface area contributed by atoms with E-state index in [1.165, 1.54) is 13.2 Å². The summed E-state index contributed by atoms with van der Waals surface area (Å²) in [5.74, 6) is -0.0298. The maximum atomic E-state index is 14.4. The van der Waals surface area contributed by atoms with E-state index in [-0.39, 0.29) is 11.3 Å². The minimum absolute atomic E-state index is 0.258. The van der Waals surface area contributed by atoms with E-state index in [1.807, 2.05) is 6.92 Å². The van der Waals surface area contributed by atoms with E-state index in [2.05, 4.69) is 10.3 Å². The van der Waals surface area contributed by atoms with Crippen molar-refractivity contribution in [1.82, 2.24) is 9.55 Å². The first-order valence-electron chi connectivity index (χ1n) is 8.89. The molecule has 3 aromatic rings. The molecule has 148 valence electrons. The molecule has 0 aliphatic heterocycles. The van der Waals surface area contributed by atoms with Gasteiger partial charge in [-0.05, 0) is 51.5 Å². The molecule has 0 spiro atoms. The molecule has 6 nitrogen and oxygen atoms in total. The molecule has 28 heavy (non-hydrogen) atoms. The molecule has 0 aliphatic rings. The number of methoxy groups -OCH3 is 1. The van der Waals surface area contributed by atoms with E-state index in [0.717, 1.165) is 5.56 Å². The van der Waals surface area contributed by atoms with Gasteiger partial charge in [-0.2, -0.15) is 0 Å². The second-order valence-corrected chi connectivity index (χ2v) is 7.64. The summed E-state index contributed by atoms with van der Waals surface area (Å²) in [7, 11) is 3.28. The molecular formula is C21H24FN3O3. The van der Waals surface area contributed by atoms with Crippen LogP contribution in [0.4, 0.5) is 15.9 Å². The number of benzene rings is 1. The van der Waals surface area contributed by atoms with E-state index in [0.29, 0.717) is 22.6 Å². The van der Waals surface area contributed by atoms with Crippen molar-refractivity contribution in [2.24, 2.45) is 7.05 Å². The third kappa shape index (κ3) is 3.78. The molecule has 0 bridgehead atoms. The lowest BCUT2D eigenvalue weighted by molar-refractivity contribution is 0.00729. The molecular weight excluding hydrogens is 361 g/mol. The van der Waals surface area contributed by atoms with Gasteiger partial charge in [0.1, 0.15) is 34.2 Å². The predicted molar refractivity (Wildman–Crippen MR) is 107 cm³/mol. The van der Waals surface area contributed by atoms with E-state index in [4.69, 9.17) is 9.47 Å². The molecule has 2 aromatic heterocycles. The van der Waals surface area contributed by atoms with Crippen molar-refractivity contribution < 1.29 is 18.7 Å². The summed E-state index contributed by atoms with van der Waals surface area (Å²) in [6, 6.07) is 6.58. The predicted octanol–water partition coefficient (Wildman–Crippen LogP) is 4.73. The molecule has 0 aliphatic carbocycles. The largest absolute Gasteiger partial charge is 0.495 e. The molecule has 0 radical (unpaired) electrons. The summed E-state index contributed by atoms with van der Waals surface area (Å²) in [5.41, 5.74) is 1.21. The third-order valence-corrected chi connectivity index (χ3v) is 4.22. The fourth-order valence-corrected chi connectivity index (χ4v) is 2.93. The van der Waals surface area contributed by atoms with Gasteiger partial charge in [-0.1, -0.05) is 6.07 Å². The zero-order chi connectivity index (χ0) is 20.6. The minimum Gasteiger partial charge on any atom is -0.495 e. The Bertz CT molecular complexity index is 1050. The molecule has 7 heteroatoms. The van der Waals surface area contributed by atoms with Crippen LogP contribution in [0.2, 0.25) is 0 Å². The maximum Gasteiger partial charge on any atom is 0.343 e. The van der Waals surface area contributed by atoms with Gasteiger partial charge in [0.2, 0.25) is 0 Å². The Morgan fingerprint density at radius 3 is 2.57 bits per heavy atom. The second kappa shape index (κ2) is 7.14. The highest BCUT2D eigenvalue weighted by Crippen LogP contribution is 2.34. The Labute approximate surface area is 163 Å². The first-order chi connectivity index (χ1) is 13.1. The fourth-order valence-electron chi connectivity index (χ4n) is 2.93. The lowest BCUT2D eigenvalue weighted by atomic mass is 10.1. The number of anilines is 2. The van der Waals surface area contributed by atoms with Crippen molar-refractivity contribution in [3.05, 3.63) is 47.4 Å². The highest BCUT2D eigenvalue weighted by Gasteiger charge is 2.27. The number of aryl methyl sites for hydroxylation is 2. The number of hydrogen-bond acceptors (Lipinski definition) is 5. The van der Waals surface area contributed by atoms with Crippen molar-refractivity contribution in [2.75, 3.05) is 12.4 Å². The standard InChI is InChI=1S/C21H24FN3O3/c1-12-7-8-16(15(22)9-12)24-19-17(20(26)28-21(2,3)4)14-10-13(27-6)11-23-18(14)25(19)5/h7-11,24H,1-6H3. The number of ether oxygens (including phenoxy) is 2. The third-order valence-electron chi connectivity index (χ3n) is 4.22. The average Bonchev–Trinajstić information content (AvgIpc) is 2.87. The van der Waals surface area contributed by atoms with Crippen LogP contribution in [0, 0.1) is 12.7 Å². The van der Waals surface area contributed by atoms with Crippen LogP contribution in [-0.2, 0) is 11.8 Å². The van der Waals surface area contributed by atoms with Gasteiger partial charge in [-0.15, -0.1) is 0 Å². The number of rotatable bonds is 4. The molecule has 0 unspecified atom stereocenters. The van der Waals surface area contributed by atoms with Crippen LogP contribution in [0.5, 0.6) is 5.75 Å². The van der Waals surface area contributed by atoms with Gasteiger partial charge in [0.25, 0.3) is 0 Å². The number of fused-ring (bicyclic) bond motifs is 1. The summed E-state index contributed by atoms with van der Waals surface area (Å²) in [4.78, 5) is 17.4. The average molecular weight is 385 g/mol. The molecule has 1 aromatic carbocycles. The lowest BCUT2D eigenvalue weighted by Crippen LogP contribution is -2.24. The summed E-state index contributed by atoms with van der Waals surface area (Å²) < 4.78 is 27.0. The number of carbonyl (C=O) groups excluding carboxylic acids is 1. The summed E-state index contributed by atoms with van der Waals surface area (Å²) >= 11 is 0. The van der Waals surface area contributed by atoms with Crippen LogP contribution in [0.3, 0.4) is 0 Å². The molecule has 0 fully saturated rings.